The van der Waals surface area contributed by atoms with Gasteiger partial charge in [0.15, 0.2) is 6.61 Å². The Morgan fingerprint density at radius 2 is 1.58 bits per heavy atom. The second-order valence-corrected chi connectivity index (χ2v) is 7.82. The van der Waals surface area contributed by atoms with Crippen molar-refractivity contribution in [2.24, 2.45) is 0 Å². The summed E-state index contributed by atoms with van der Waals surface area (Å²) in [7, 11) is 7.32. The van der Waals surface area contributed by atoms with Gasteiger partial charge >= 0.3 is 0 Å². The molecule has 3 aromatic carbocycles. The molecule has 0 aliphatic heterocycles. The smallest absolute Gasteiger partial charge is 0.262 e. The first-order valence-electron chi connectivity index (χ1n) is 10.5. The van der Waals surface area contributed by atoms with Gasteiger partial charge in [0, 0.05) is 50.7 Å². The van der Waals surface area contributed by atoms with Crippen molar-refractivity contribution in [2.75, 3.05) is 45.1 Å². The first kappa shape index (κ1) is 23.7. The summed E-state index contributed by atoms with van der Waals surface area (Å²) in [4.78, 5) is 28.6. The van der Waals surface area contributed by atoms with E-state index in [2.05, 4.69) is 5.32 Å². The lowest BCUT2D eigenvalue weighted by molar-refractivity contribution is -0.118. The number of methoxy groups -OCH3 is 1. The highest BCUT2D eigenvalue weighted by Crippen LogP contribution is 2.18. The molecule has 7 nitrogen and oxygen atoms in total. The molecule has 3 aromatic rings. The van der Waals surface area contributed by atoms with Gasteiger partial charge in [-0.25, -0.2) is 0 Å². The number of hydrogen-bond acceptors (Lipinski definition) is 5. The third kappa shape index (κ3) is 6.74. The standard InChI is InChI=1S/C26H29N3O4/c1-28(2)22-12-8-19(9-13-22)17-29(3)26(31)20-10-14-23(15-11-20)33-18-25(30)27-21-6-5-7-24(16-21)32-4/h5-16H,17-18H2,1-4H3,(H,27,30). The van der Waals surface area contributed by atoms with Crippen LogP contribution >= 0.6 is 0 Å². The van der Waals surface area contributed by atoms with Gasteiger partial charge in [-0.3, -0.25) is 9.59 Å². The maximum atomic E-state index is 12.8. The van der Waals surface area contributed by atoms with E-state index in [4.69, 9.17) is 9.47 Å². The molecule has 2 amide bonds. The van der Waals surface area contributed by atoms with Crippen molar-refractivity contribution < 1.29 is 19.1 Å². The molecule has 0 saturated carbocycles. The Kier molecular flexibility index (Phi) is 7.91. The van der Waals surface area contributed by atoms with Crippen molar-refractivity contribution in [3.05, 3.63) is 83.9 Å². The molecule has 0 aliphatic carbocycles. The summed E-state index contributed by atoms with van der Waals surface area (Å²) >= 11 is 0. The first-order chi connectivity index (χ1) is 15.9. The van der Waals surface area contributed by atoms with Crippen LogP contribution in [0.3, 0.4) is 0 Å². The molecule has 0 bridgehead atoms. The fourth-order valence-corrected chi connectivity index (χ4v) is 3.21. The van der Waals surface area contributed by atoms with E-state index >= 15 is 0 Å². The van der Waals surface area contributed by atoms with Gasteiger partial charge in [0.1, 0.15) is 11.5 Å². The molecule has 0 fully saturated rings. The lowest BCUT2D eigenvalue weighted by Gasteiger charge is -2.19. The van der Waals surface area contributed by atoms with Crippen LogP contribution in [0.25, 0.3) is 0 Å². The van der Waals surface area contributed by atoms with E-state index in [1.54, 1.807) is 67.6 Å². The van der Waals surface area contributed by atoms with Gasteiger partial charge in [0.25, 0.3) is 11.8 Å². The molecule has 0 radical (unpaired) electrons. The van der Waals surface area contributed by atoms with E-state index in [-0.39, 0.29) is 18.4 Å². The monoisotopic (exact) mass is 447 g/mol. The fourth-order valence-electron chi connectivity index (χ4n) is 3.21. The number of amides is 2. The number of rotatable bonds is 9. The first-order valence-corrected chi connectivity index (χ1v) is 10.5. The highest BCUT2D eigenvalue weighted by Gasteiger charge is 2.13. The van der Waals surface area contributed by atoms with Crippen molar-refractivity contribution in [2.45, 2.75) is 6.54 Å². The predicted octanol–water partition coefficient (Wildman–Crippen LogP) is 4.05. The molecule has 0 heterocycles. The molecule has 0 spiro atoms. The third-order valence-corrected chi connectivity index (χ3v) is 5.04. The minimum atomic E-state index is -0.288. The minimum Gasteiger partial charge on any atom is -0.497 e. The fraction of sp³-hybridized carbons (Fsp3) is 0.231. The topological polar surface area (TPSA) is 71.1 Å². The second kappa shape index (κ2) is 11.0. The SMILES string of the molecule is COc1cccc(NC(=O)COc2ccc(C(=O)N(C)Cc3ccc(N(C)C)cc3)cc2)c1. The molecule has 7 heteroatoms. The van der Waals surface area contributed by atoms with E-state index in [1.165, 1.54) is 0 Å². The summed E-state index contributed by atoms with van der Waals surface area (Å²) in [6, 6.07) is 22.0. The highest BCUT2D eigenvalue weighted by molar-refractivity contribution is 5.94. The lowest BCUT2D eigenvalue weighted by Crippen LogP contribution is -2.26. The lowest BCUT2D eigenvalue weighted by atomic mass is 10.1. The molecule has 0 aliphatic rings. The Labute approximate surface area is 194 Å². The zero-order valence-corrected chi connectivity index (χ0v) is 19.4. The Bertz CT molecular complexity index is 1080. The Morgan fingerprint density at radius 1 is 0.879 bits per heavy atom. The van der Waals surface area contributed by atoms with Crippen molar-refractivity contribution in [3.8, 4) is 11.5 Å². The van der Waals surface area contributed by atoms with Crippen molar-refractivity contribution in [1.29, 1.82) is 0 Å². The number of hydrogen-bond donors (Lipinski definition) is 1. The molecule has 0 atom stereocenters. The van der Waals surface area contributed by atoms with E-state index in [0.717, 1.165) is 11.3 Å². The summed E-state index contributed by atoms with van der Waals surface area (Å²) in [5.41, 5.74) is 3.35. The van der Waals surface area contributed by atoms with E-state index in [0.29, 0.717) is 29.3 Å². The van der Waals surface area contributed by atoms with E-state index < -0.39 is 0 Å². The van der Waals surface area contributed by atoms with Gasteiger partial charge < -0.3 is 24.6 Å². The summed E-state index contributed by atoms with van der Waals surface area (Å²) in [5.74, 6) is 0.788. The summed E-state index contributed by atoms with van der Waals surface area (Å²) in [6.07, 6.45) is 0. The van der Waals surface area contributed by atoms with Crippen molar-refractivity contribution in [3.63, 3.8) is 0 Å². The normalized spacial score (nSPS) is 10.3. The third-order valence-electron chi connectivity index (χ3n) is 5.04. The molecule has 0 aromatic heterocycles. The maximum Gasteiger partial charge on any atom is 0.262 e. The molecule has 1 N–H and O–H groups in total. The van der Waals surface area contributed by atoms with Crippen LogP contribution < -0.4 is 19.7 Å². The van der Waals surface area contributed by atoms with Crippen LogP contribution in [0.15, 0.2) is 72.8 Å². The Hall–Kier alpha value is -4.00. The van der Waals surface area contributed by atoms with Crippen molar-refractivity contribution in [1.82, 2.24) is 4.90 Å². The molecular formula is C26H29N3O4. The van der Waals surface area contributed by atoms with E-state index in [9.17, 15) is 9.59 Å². The van der Waals surface area contributed by atoms with Gasteiger partial charge in [0.2, 0.25) is 0 Å². The summed E-state index contributed by atoms with van der Waals surface area (Å²) in [5, 5.41) is 2.76. The van der Waals surface area contributed by atoms with E-state index in [1.807, 2.05) is 43.3 Å². The molecule has 172 valence electrons. The zero-order valence-electron chi connectivity index (χ0n) is 19.4. The van der Waals surface area contributed by atoms with Crippen molar-refractivity contribution >= 4 is 23.2 Å². The van der Waals surface area contributed by atoms with Crippen LogP contribution in [0.1, 0.15) is 15.9 Å². The number of nitrogens with one attached hydrogen (secondary N) is 1. The molecule has 3 rings (SSSR count). The number of nitrogens with zero attached hydrogens (tertiary/aromatic N) is 2. The van der Waals surface area contributed by atoms with Crippen LogP contribution in [0.4, 0.5) is 11.4 Å². The molecule has 0 saturated heterocycles. The highest BCUT2D eigenvalue weighted by atomic mass is 16.5. The minimum absolute atomic E-state index is 0.0889. The van der Waals surface area contributed by atoms with Crippen LogP contribution in [0.2, 0.25) is 0 Å². The number of carbonyl (C=O) groups excluding carboxylic acids is 2. The van der Waals surface area contributed by atoms with Crippen LogP contribution in [-0.2, 0) is 11.3 Å². The average Bonchev–Trinajstić information content (AvgIpc) is 2.83. The molecular weight excluding hydrogens is 418 g/mol. The number of anilines is 2. The van der Waals surface area contributed by atoms with Crippen LogP contribution in [0, 0.1) is 0 Å². The molecule has 33 heavy (non-hydrogen) atoms. The van der Waals surface area contributed by atoms with Gasteiger partial charge in [-0.2, -0.15) is 0 Å². The second-order valence-electron chi connectivity index (χ2n) is 7.82. The summed E-state index contributed by atoms with van der Waals surface area (Å²) in [6.45, 7) is 0.364. The maximum absolute atomic E-state index is 12.8. The van der Waals surface area contributed by atoms with Gasteiger partial charge in [-0.05, 0) is 54.1 Å². The van der Waals surface area contributed by atoms with Crippen LogP contribution in [-0.4, -0.2) is 51.6 Å². The average molecular weight is 448 g/mol. The van der Waals surface area contributed by atoms with Gasteiger partial charge in [0.05, 0.1) is 7.11 Å². The zero-order chi connectivity index (χ0) is 23.8. The van der Waals surface area contributed by atoms with Gasteiger partial charge in [-0.1, -0.05) is 18.2 Å². The quantitative estimate of drug-likeness (QED) is 0.536. The predicted molar refractivity (Wildman–Crippen MR) is 130 cm³/mol. The Balaban J connectivity index is 1.51. The summed E-state index contributed by atoms with van der Waals surface area (Å²) < 4.78 is 10.7. The largest absolute Gasteiger partial charge is 0.497 e. The van der Waals surface area contributed by atoms with Crippen LogP contribution in [0.5, 0.6) is 11.5 Å². The molecule has 0 unspecified atom stereocenters. The number of benzene rings is 3. The Morgan fingerprint density at radius 3 is 2.21 bits per heavy atom. The number of carbonyl (C=O) groups is 2. The van der Waals surface area contributed by atoms with Gasteiger partial charge in [-0.15, -0.1) is 0 Å². The number of ether oxygens (including phenoxy) is 2.